The molecule has 1 aromatic heterocycles. The molecular weight excluding hydrogens is 252 g/mol. The summed E-state index contributed by atoms with van der Waals surface area (Å²) in [5.74, 6) is 0. The van der Waals surface area contributed by atoms with Gasteiger partial charge in [0.15, 0.2) is 0 Å². The lowest BCUT2D eigenvalue weighted by Gasteiger charge is -2.16. The number of nitrogen functional groups attached to an aromatic ring is 1. The zero-order chi connectivity index (χ0) is 13.4. The molecule has 0 radical (unpaired) electrons. The van der Waals surface area contributed by atoms with Crippen LogP contribution in [0.3, 0.4) is 0 Å². The fraction of sp³-hybridized carbons (Fsp3) is 0.312. The summed E-state index contributed by atoms with van der Waals surface area (Å²) in [7, 11) is 0. The monoisotopic (exact) mass is 268 g/mol. The number of fused-ring (bicyclic) bond motifs is 1. The van der Waals surface area contributed by atoms with Gasteiger partial charge in [0.05, 0.1) is 5.56 Å². The highest BCUT2D eigenvalue weighted by atomic mass is 32.1. The van der Waals surface area contributed by atoms with E-state index in [9.17, 15) is 5.26 Å². The Kier molecular flexibility index (Phi) is 3.04. The van der Waals surface area contributed by atoms with Gasteiger partial charge in [-0.15, -0.1) is 11.3 Å². The average molecular weight is 268 g/mol. The van der Waals surface area contributed by atoms with Crippen molar-refractivity contribution in [3.8, 4) is 17.2 Å². The summed E-state index contributed by atoms with van der Waals surface area (Å²) in [4.78, 5) is 1.13. The van der Waals surface area contributed by atoms with E-state index >= 15 is 0 Å². The van der Waals surface area contributed by atoms with Gasteiger partial charge in [0.1, 0.15) is 11.1 Å². The van der Waals surface area contributed by atoms with Crippen LogP contribution in [0, 0.1) is 18.3 Å². The summed E-state index contributed by atoms with van der Waals surface area (Å²) in [5, 5.41) is 9.92. The zero-order valence-electron chi connectivity index (χ0n) is 11.0. The van der Waals surface area contributed by atoms with E-state index in [1.165, 1.54) is 41.7 Å². The second-order valence-electron chi connectivity index (χ2n) is 5.07. The largest absolute Gasteiger partial charge is 0.389 e. The summed E-state index contributed by atoms with van der Waals surface area (Å²) < 4.78 is 0. The molecule has 0 bridgehead atoms. The van der Waals surface area contributed by atoms with E-state index in [0.29, 0.717) is 10.6 Å². The molecule has 2 N–H and O–H groups in total. The maximum Gasteiger partial charge on any atom is 0.105 e. The fourth-order valence-electron chi connectivity index (χ4n) is 2.91. The van der Waals surface area contributed by atoms with Gasteiger partial charge in [-0.1, -0.05) is 18.2 Å². The van der Waals surface area contributed by atoms with Crippen molar-refractivity contribution >= 4 is 16.3 Å². The molecule has 2 nitrogen and oxygen atoms in total. The van der Waals surface area contributed by atoms with Gasteiger partial charge in [-0.25, -0.2) is 0 Å². The molecule has 96 valence electrons. The number of nitriles is 1. The molecule has 1 aliphatic rings. The summed E-state index contributed by atoms with van der Waals surface area (Å²) in [6.07, 6.45) is 4.90. The van der Waals surface area contributed by atoms with Crippen LogP contribution in [0.4, 0.5) is 5.00 Å². The number of nitrogens with two attached hydrogens (primary N) is 1. The third kappa shape index (κ3) is 2.02. The van der Waals surface area contributed by atoms with Crippen molar-refractivity contribution in [2.45, 2.75) is 32.6 Å². The number of nitrogens with zero attached hydrogens (tertiary/aromatic N) is 1. The van der Waals surface area contributed by atoms with E-state index in [2.05, 4.69) is 24.3 Å². The van der Waals surface area contributed by atoms with Gasteiger partial charge in [0.2, 0.25) is 0 Å². The molecule has 3 heteroatoms. The van der Waals surface area contributed by atoms with Crippen molar-refractivity contribution in [2.75, 3.05) is 5.73 Å². The first kappa shape index (κ1) is 12.3. The van der Waals surface area contributed by atoms with E-state index in [0.717, 1.165) is 22.4 Å². The number of rotatable bonds is 1. The maximum atomic E-state index is 9.29. The number of hydrogen-bond donors (Lipinski definition) is 1. The maximum absolute atomic E-state index is 9.29. The molecular formula is C16H16N2S. The third-order valence-corrected chi connectivity index (χ3v) is 4.79. The molecule has 0 saturated heterocycles. The molecule has 0 unspecified atom stereocenters. The van der Waals surface area contributed by atoms with Crippen molar-refractivity contribution in [3.05, 3.63) is 39.8 Å². The van der Waals surface area contributed by atoms with Crippen LogP contribution in [0.15, 0.2) is 18.2 Å². The van der Waals surface area contributed by atoms with Crippen LogP contribution in [-0.2, 0) is 12.8 Å². The van der Waals surface area contributed by atoms with Crippen molar-refractivity contribution in [2.24, 2.45) is 0 Å². The van der Waals surface area contributed by atoms with Gasteiger partial charge < -0.3 is 5.73 Å². The van der Waals surface area contributed by atoms with E-state index in [-0.39, 0.29) is 0 Å². The molecule has 1 aromatic carbocycles. The molecule has 1 heterocycles. The molecule has 19 heavy (non-hydrogen) atoms. The first-order valence-electron chi connectivity index (χ1n) is 6.62. The molecule has 0 fully saturated rings. The lowest BCUT2D eigenvalue weighted by Crippen LogP contribution is -2.02. The summed E-state index contributed by atoms with van der Waals surface area (Å²) in [6.45, 7) is 2.04. The Bertz CT molecular complexity index is 677. The summed E-state index contributed by atoms with van der Waals surface area (Å²) in [5.41, 5.74) is 11.6. The van der Waals surface area contributed by atoms with Crippen LogP contribution < -0.4 is 5.73 Å². The molecule has 2 aromatic rings. The number of aryl methyl sites for hydroxylation is 3. The van der Waals surface area contributed by atoms with Crippen LogP contribution in [0.5, 0.6) is 0 Å². The highest BCUT2D eigenvalue weighted by molar-refractivity contribution is 7.16. The first-order chi connectivity index (χ1) is 9.20. The Morgan fingerprint density at radius 1 is 1.21 bits per heavy atom. The number of benzene rings is 1. The first-order valence-corrected chi connectivity index (χ1v) is 7.43. The van der Waals surface area contributed by atoms with Crippen molar-refractivity contribution < 1.29 is 0 Å². The van der Waals surface area contributed by atoms with E-state index in [4.69, 9.17) is 5.73 Å². The molecule has 0 saturated carbocycles. The predicted molar refractivity (Wildman–Crippen MR) is 80.3 cm³/mol. The summed E-state index contributed by atoms with van der Waals surface area (Å²) in [6, 6.07) is 8.86. The Balaban J connectivity index is 2.15. The number of hydrogen-bond acceptors (Lipinski definition) is 3. The quantitative estimate of drug-likeness (QED) is 0.848. The lowest BCUT2D eigenvalue weighted by atomic mass is 9.88. The highest BCUT2D eigenvalue weighted by Gasteiger charge is 2.17. The van der Waals surface area contributed by atoms with E-state index < -0.39 is 0 Å². The number of anilines is 1. The third-order valence-electron chi connectivity index (χ3n) is 3.86. The molecule has 0 aliphatic heterocycles. The zero-order valence-corrected chi connectivity index (χ0v) is 11.8. The van der Waals surface area contributed by atoms with Crippen LogP contribution in [0.1, 0.15) is 34.4 Å². The Labute approximate surface area is 117 Å². The molecule has 0 spiro atoms. The molecule has 0 amide bonds. The Morgan fingerprint density at radius 2 is 1.95 bits per heavy atom. The standard InChI is InChI=1S/C16H16N2S/c1-10-15(14(9-17)16(18)19-10)13-7-6-11-4-2-3-5-12(11)8-13/h6-8H,2-5,18H2,1H3. The van der Waals surface area contributed by atoms with Crippen LogP contribution >= 0.6 is 11.3 Å². The second kappa shape index (κ2) is 4.71. The van der Waals surface area contributed by atoms with Gasteiger partial charge in [0.25, 0.3) is 0 Å². The van der Waals surface area contributed by atoms with Gasteiger partial charge in [-0.3, -0.25) is 0 Å². The van der Waals surface area contributed by atoms with Crippen molar-refractivity contribution in [1.29, 1.82) is 5.26 Å². The van der Waals surface area contributed by atoms with Gasteiger partial charge in [-0.2, -0.15) is 5.26 Å². The van der Waals surface area contributed by atoms with Gasteiger partial charge in [-0.05, 0) is 49.3 Å². The summed E-state index contributed by atoms with van der Waals surface area (Å²) >= 11 is 1.51. The van der Waals surface area contributed by atoms with Gasteiger partial charge >= 0.3 is 0 Å². The van der Waals surface area contributed by atoms with E-state index in [1.54, 1.807) is 0 Å². The smallest absolute Gasteiger partial charge is 0.105 e. The van der Waals surface area contributed by atoms with Gasteiger partial charge in [0, 0.05) is 10.4 Å². The van der Waals surface area contributed by atoms with E-state index in [1.807, 2.05) is 6.92 Å². The van der Waals surface area contributed by atoms with Crippen LogP contribution in [0.25, 0.3) is 11.1 Å². The Hall–Kier alpha value is -1.79. The average Bonchev–Trinajstić information content (AvgIpc) is 2.72. The fourth-order valence-corrected chi connectivity index (χ4v) is 3.82. The molecule has 0 atom stereocenters. The Morgan fingerprint density at radius 3 is 2.68 bits per heavy atom. The minimum absolute atomic E-state index is 0.632. The second-order valence-corrected chi connectivity index (χ2v) is 6.33. The molecule has 1 aliphatic carbocycles. The SMILES string of the molecule is Cc1sc(N)c(C#N)c1-c1ccc2c(c1)CCCC2. The number of thiophene rings is 1. The van der Waals surface area contributed by atoms with Crippen LogP contribution in [-0.4, -0.2) is 0 Å². The normalized spacial score (nSPS) is 13.9. The van der Waals surface area contributed by atoms with Crippen LogP contribution in [0.2, 0.25) is 0 Å². The predicted octanol–water partition coefficient (Wildman–Crippen LogP) is 4.06. The highest BCUT2D eigenvalue weighted by Crippen LogP contribution is 2.38. The topological polar surface area (TPSA) is 49.8 Å². The van der Waals surface area contributed by atoms with Crippen molar-refractivity contribution in [1.82, 2.24) is 0 Å². The van der Waals surface area contributed by atoms with Crippen molar-refractivity contribution in [3.63, 3.8) is 0 Å². The lowest BCUT2D eigenvalue weighted by molar-refractivity contribution is 0.686. The minimum Gasteiger partial charge on any atom is -0.389 e. The minimum atomic E-state index is 0.632. The molecule has 3 rings (SSSR count).